The molecule has 3 amide bonds. The first kappa shape index (κ1) is 21.9. The van der Waals surface area contributed by atoms with Crippen molar-refractivity contribution in [2.24, 2.45) is 5.92 Å². The highest BCUT2D eigenvalue weighted by atomic mass is 35.5. The van der Waals surface area contributed by atoms with E-state index in [0.29, 0.717) is 21.6 Å². The summed E-state index contributed by atoms with van der Waals surface area (Å²) in [6, 6.07) is 6.32. The van der Waals surface area contributed by atoms with Crippen LogP contribution < -0.4 is 21.3 Å². The predicted molar refractivity (Wildman–Crippen MR) is 121 cm³/mol. The highest BCUT2D eigenvalue weighted by Gasteiger charge is 2.40. The van der Waals surface area contributed by atoms with Crippen LogP contribution in [0, 0.1) is 5.92 Å². The molecule has 2 fully saturated rings. The Morgan fingerprint density at radius 1 is 1.16 bits per heavy atom. The van der Waals surface area contributed by atoms with E-state index in [1.54, 1.807) is 22.9 Å². The standard InChI is InChI=1S/C21H26Cl2N6O2/c1-21(2,3)16-10-17(26-20(31)24-11-7-8-13(22)14(23)9-11)29(28-16)19-25-15-6-4-5-12(15)18(30)27-19/h7-10,12,15,19,25H,4-6H2,1-3H3,(H,27,30)(H2,24,26,31). The summed E-state index contributed by atoms with van der Waals surface area (Å²) in [5.74, 6) is 0.477. The second-order valence-electron chi connectivity index (χ2n) is 9.04. The van der Waals surface area contributed by atoms with Crippen molar-refractivity contribution in [1.82, 2.24) is 20.4 Å². The first-order valence-corrected chi connectivity index (χ1v) is 11.1. The largest absolute Gasteiger partial charge is 0.324 e. The second kappa shape index (κ2) is 8.33. The van der Waals surface area contributed by atoms with E-state index in [4.69, 9.17) is 28.3 Å². The highest BCUT2D eigenvalue weighted by Crippen LogP contribution is 2.32. The van der Waals surface area contributed by atoms with Crippen LogP contribution in [0.15, 0.2) is 24.3 Å². The lowest BCUT2D eigenvalue weighted by Gasteiger charge is -2.34. The van der Waals surface area contributed by atoms with E-state index in [1.165, 1.54) is 0 Å². The zero-order valence-corrected chi connectivity index (χ0v) is 19.1. The van der Waals surface area contributed by atoms with E-state index >= 15 is 0 Å². The zero-order valence-electron chi connectivity index (χ0n) is 17.6. The average molecular weight is 465 g/mol. The van der Waals surface area contributed by atoms with Crippen LogP contribution in [0.25, 0.3) is 0 Å². The molecule has 1 saturated heterocycles. The van der Waals surface area contributed by atoms with E-state index in [-0.39, 0.29) is 23.3 Å². The minimum atomic E-state index is -0.539. The summed E-state index contributed by atoms with van der Waals surface area (Å²) in [6.07, 6.45) is 2.32. The zero-order chi connectivity index (χ0) is 22.3. The summed E-state index contributed by atoms with van der Waals surface area (Å²) in [5.41, 5.74) is 1.06. The highest BCUT2D eigenvalue weighted by molar-refractivity contribution is 6.42. The number of halogens is 2. The van der Waals surface area contributed by atoms with Gasteiger partial charge in [-0.15, -0.1) is 0 Å². The lowest BCUT2D eigenvalue weighted by molar-refractivity contribution is -0.130. The smallest absolute Gasteiger partial charge is 0.322 e. The number of rotatable bonds is 3. The third-order valence-corrected chi connectivity index (χ3v) is 6.41. The van der Waals surface area contributed by atoms with Crippen LogP contribution in [0.2, 0.25) is 10.0 Å². The molecule has 2 aromatic rings. The lowest BCUT2D eigenvalue weighted by Crippen LogP contribution is -2.57. The Morgan fingerprint density at radius 3 is 2.65 bits per heavy atom. The van der Waals surface area contributed by atoms with Gasteiger partial charge < -0.3 is 10.6 Å². The number of amides is 3. The number of fused-ring (bicyclic) bond motifs is 1. The SMILES string of the molecule is CC(C)(C)c1cc(NC(=O)Nc2ccc(Cl)c(Cl)c2)n(C2NC(=O)C3CCCC3N2)n1. The summed E-state index contributed by atoms with van der Waals surface area (Å²) >= 11 is 12.0. The van der Waals surface area contributed by atoms with Crippen molar-refractivity contribution in [1.29, 1.82) is 0 Å². The molecule has 2 aliphatic rings. The normalized spacial score (nSPS) is 23.3. The number of hydrogen-bond acceptors (Lipinski definition) is 4. The van der Waals surface area contributed by atoms with Crippen LogP contribution >= 0.6 is 23.2 Å². The molecule has 0 radical (unpaired) electrons. The topological polar surface area (TPSA) is 100 Å². The van der Waals surface area contributed by atoms with Crippen molar-refractivity contribution in [3.8, 4) is 0 Å². The fourth-order valence-corrected chi connectivity index (χ4v) is 4.29. The minimum Gasteiger partial charge on any atom is -0.322 e. The van der Waals surface area contributed by atoms with Crippen molar-refractivity contribution in [3.05, 3.63) is 40.0 Å². The van der Waals surface area contributed by atoms with Crippen molar-refractivity contribution < 1.29 is 9.59 Å². The first-order valence-electron chi connectivity index (χ1n) is 10.3. The van der Waals surface area contributed by atoms with E-state index < -0.39 is 12.3 Å². The molecule has 4 N–H and O–H groups in total. The number of urea groups is 1. The molecule has 3 atom stereocenters. The third-order valence-electron chi connectivity index (χ3n) is 5.67. The van der Waals surface area contributed by atoms with Gasteiger partial charge in [-0.2, -0.15) is 5.10 Å². The molecule has 3 unspecified atom stereocenters. The predicted octanol–water partition coefficient (Wildman–Crippen LogP) is 4.48. The van der Waals surface area contributed by atoms with Crippen molar-refractivity contribution in [3.63, 3.8) is 0 Å². The van der Waals surface area contributed by atoms with E-state index in [0.717, 1.165) is 25.0 Å². The van der Waals surface area contributed by atoms with Gasteiger partial charge in [0.2, 0.25) is 5.91 Å². The monoisotopic (exact) mass is 464 g/mol. The molecule has 8 nitrogen and oxygen atoms in total. The molecule has 1 aliphatic heterocycles. The van der Waals surface area contributed by atoms with E-state index in [2.05, 4.69) is 21.3 Å². The van der Waals surface area contributed by atoms with E-state index in [9.17, 15) is 9.59 Å². The van der Waals surface area contributed by atoms with E-state index in [1.807, 2.05) is 26.8 Å². The number of carbonyl (C=O) groups excluding carboxylic acids is 2. The number of aromatic nitrogens is 2. The van der Waals surface area contributed by atoms with Gasteiger partial charge in [0.1, 0.15) is 5.82 Å². The molecule has 4 rings (SSSR count). The Balaban J connectivity index is 1.57. The van der Waals surface area contributed by atoms with Crippen LogP contribution in [-0.2, 0) is 10.2 Å². The van der Waals surface area contributed by atoms with Crippen LogP contribution in [0.5, 0.6) is 0 Å². The lowest BCUT2D eigenvalue weighted by atomic mass is 9.92. The number of benzene rings is 1. The molecule has 1 aliphatic carbocycles. The Kier molecular flexibility index (Phi) is 5.89. The quantitative estimate of drug-likeness (QED) is 0.537. The summed E-state index contributed by atoms with van der Waals surface area (Å²) in [5, 5.41) is 17.5. The van der Waals surface area contributed by atoms with Gasteiger partial charge in [-0.1, -0.05) is 50.4 Å². The van der Waals surface area contributed by atoms with Gasteiger partial charge in [-0.3, -0.25) is 15.4 Å². The maximum atomic E-state index is 12.7. The maximum absolute atomic E-state index is 12.7. The Morgan fingerprint density at radius 2 is 1.94 bits per heavy atom. The summed E-state index contributed by atoms with van der Waals surface area (Å²) in [6.45, 7) is 6.12. The number of hydrogen-bond donors (Lipinski definition) is 4. The maximum Gasteiger partial charge on any atom is 0.324 e. The van der Waals surface area contributed by atoms with Crippen molar-refractivity contribution >= 4 is 46.6 Å². The molecule has 10 heteroatoms. The number of carbonyl (C=O) groups is 2. The fourth-order valence-electron chi connectivity index (χ4n) is 4.00. The number of nitrogens with zero attached hydrogens (tertiary/aromatic N) is 2. The third kappa shape index (κ3) is 4.66. The fraction of sp³-hybridized carbons (Fsp3) is 0.476. The van der Waals surface area contributed by atoms with Gasteiger partial charge in [0, 0.05) is 23.2 Å². The molecular weight excluding hydrogens is 439 g/mol. The Labute approximate surface area is 191 Å². The van der Waals surface area contributed by atoms with Crippen LogP contribution in [0.4, 0.5) is 16.3 Å². The molecule has 0 spiro atoms. The molecule has 1 aromatic heterocycles. The molecule has 166 valence electrons. The number of nitrogens with one attached hydrogen (secondary N) is 4. The molecule has 0 bridgehead atoms. The van der Waals surface area contributed by atoms with Crippen LogP contribution in [0.3, 0.4) is 0 Å². The van der Waals surface area contributed by atoms with Gasteiger partial charge in [-0.05, 0) is 31.0 Å². The molecule has 2 heterocycles. The second-order valence-corrected chi connectivity index (χ2v) is 9.85. The van der Waals surface area contributed by atoms with Gasteiger partial charge in [-0.25, -0.2) is 9.48 Å². The first-order chi connectivity index (χ1) is 14.6. The van der Waals surface area contributed by atoms with Gasteiger partial charge in [0.15, 0.2) is 6.29 Å². The Bertz CT molecular complexity index is 1020. The summed E-state index contributed by atoms with van der Waals surface area (Å²) in [4.78, 5) is 25.3. The van der Waals surface area contributed by atoms with Crippen molar-refractivity contribution in [2.45, 2.75) is 57.8 Å². The molecule has 1 aromatic carbocycles. The molecule has 31 heavy (non-hydrogen) atoms. The molecular formula is C21H26Cl2N6O2. The van der Waals surface area contributed by atoms with Crippen LogP contribution in [0.1, 0.15) is 52.0 Å². The van der Waals surface area contributed by atoms with Gasteiger partial charge >= 0.3 is 6.03 Å². The minimum absolute atomic E-state index is 0.0109. The molecule has 1 saturated carbocycles. The summed E-state index contributed by atoms with van der Waals surface area (Å²) < 4.78 is 1.63. The van der Waals surface area contributed by atoms with Crippen molar-refractivity contribution in [2.75, 3.05) is 10.6 Å². The average Bonchev–Trinajstić information content (AvgIpc) is 3.31. The number of anilines is 2. The van der Waals surface area contributed by atoms with Gasteiger partial charge in [0.05, 0.1) is 21.7 Å². The van der Waals surface area contributed by atoms with Crippen LogP contribution in [-0.4, -0.2) is 27.8 Å². The Hall–Kier alpha value is -2.29. The van der Waals surface area contributed by atoms with Gasteiger partial charge in [0.25, 0.3) is 0 Å². The summed E-state index contributed by atoms with van der Waals surface area (Å²) in [7, 11) is 0.